The van der Waals surface area contributed by atoms with Gasteiger partial charge >= 0.3 is 6.16 Å². The van der Waals surface area contributed by atoms with Gasteiger partial charge in [-0.2, -0.15) is 0 Å². The van der Waals surface area contributed by atoms with Crippen LogP contribution in [0, 0.1) is 0 Å². The zero-order valence-corrected chi connectivity index (χ0v) is 9.25. The van der Waals surface area contributed by atoms with E-state index in [4.69, 9.17) is 4.74 Å². The van der Waals surface area contributed by atoms with Crippen LogP contribution in [-0.2, 0) is 9.47 Å². The minimum atomic E-state index is -0.607. The van der Waals surface area contributed by atoms with E-state index in [2.05, 4.69) is 10.5 Å². The zero-order chi connectivity index (χ0) is 10.9. The van der Waals surface area contributed by atoms with Crippen LogP contribution in [0.2, 0.25) is 0 Å². The van der Waals surface area contributed by atoms with Crippen LogP contribution in [0.5, 0.6) is 0 Å². The van der Waals surface area contributed by atoms with Gasteiger partial charge in [-0.3, -0.25) is 0 Å². The lowest BCUT2D eigenvalue weighted by molar-refractivity contribution is 0.0673. The number of carbonyl (C=O) groups is 1. The Morgan fingerprint density at radius 1 is 1.33 bits per heavy atom. The van der Waals surface area contributed by atoms with Crippen molar-refractivity contribution < 1.29 is 14.3 Å². The molecule has 0 heterocycles. The van der Waals surface area contributed by atoms with E-state index in [9.17, 15) is 4.79 Å². The summed E-state index contributed by atoms with van der Waals surface area (Å²) < 4.78 is 9.40. The molecule has 1 saturated carbocycles. The third kappa shape index (κ3) is 5.28. The molecule has 1 fully saturated rings. The fourth-order valence-corrected chi connectivity index (χ4v) is 1.58. The van der Waals surface area contributed by atoms with Crippen LogP contribution in [-0.4, -0.2) is 19.4 Å². The van der Waals surface area contributed by atoms with Crippen molar-refractivity contribution >= 4 is 6.16 Å². The Hall–Kier alpha value is -1.21. The standard InChI is InChI=1S/C12H18O3/c1-2-14-12(13)15-10-6-9-11-7-4-3-5-8-11/h6H,2-5,7-8,10H2,1H3. The third-order valence-electron chi connectivity index (χ3n) is 2.31. The molecule has 0 bridgehead atoms. The van der Waals surface area contributed by atoms with E-state index in [1.54, 1.807) is 13.0 Å². The molecular weight excluding hydrogens is 192 g/mol. The fourth-order valence-electron chi connectivity index (χ4n) is 1.58. The maximum absolute atomic E-state index is 10.8. The predicted molar refractivity (Wildman–Crippen MR) is 57.7 cm³/mol. The summed E-state index contributed by atoms with van der Waals surface area (Å²) in [5.74, 6) is 0. The van der Waals surface area contributed by atoms with Gasteiger partial charge in [-0.05, 0) is 44.3 Å². The molecule has 3 nitrogen and oxygen atoms in total. The zero-order valence-electron chi connectivity index (χ0n) is 9.25. The van der Waals surface area contributed by atoms with Crippen molar-refractivity contribution in [3.63, 3.8) is 0 Å². The first-order chi connectivity index (χ1) is 7.33. The lowest BCUT2D eigenvalue weighted by Gasteiger charge is -2.10. The molecule has 1 aliphatic rings. The Labute approximate surface area is 90.8 Å². The molecule has 0 aromatic carbocycles. The lowest BCUT2D eigenvalue weighted by Crippen LogP contribution is -2.06. The summed E-state index contributed by atoms with van der Waals surface area (Å²) in [5.41, 5.74) is 4.52. The van der Waals surface area contributed by atoms with E-state index in [0.29, 0.717) is 6.61 Å². The molecule has 0 aliphatic heterocycles. The second kappa shape index (κ2) is 7.13. The molecule has 3 heteroatoms. The van der Waals surface area contributed by atoms with Gasteiger partial charge < -0.3 is 9.47 Å². The maximum atomic E-state index is 10.8. The van der Waals surface area contributed by atoms with Crippen LogP contribution in [0.15, 0.2) is 17.4 Å². The first-order valence-corrected chi connectivity index (χ1v) is 5.55. The smallest absolute Gasteiger partial charge is 0.435 e. The lowest BCUT2D eigenvalue weighted by atomic mass is 9.96. The molecule has 1 aliphatic carbocycles. The topological polar surface area (TPSA) is 35.5 Å². The average molecular weight is 210 g/mol. The predicted octanol–water partition coefficient (Wildman–Crippen LogP) is 3.21. The van der Waals surface area contributed by atoms with Crippen molar-refractivity contribution in [2.45, 2.75) is 39.0 Å². The highest BCUT2D eigenvalue weighted by molar-refractivity contribution is 5.59. The summed E-state index contributed by atoms with van der Waals surface area (Å²) in [6.07, 6.45) is 7.27. The first kappa shape index (κ1) is 11.9. The van der Waals surface area contributed by atoms with Crippen molar-refractivity contribution in [1.82, 2.24) is 0 Å². The number of carbonyl (C=O) groups excluding carboxylic acids is 1. The van der Waals surface area contributed by atoms with E-state index in [0.717, 1.165) is 12.8 Å². The maximum Gasteiger partial charge on any atom is 0.508 e. The summed E-state index contributed by atoms with van der Waals surface area (Å²) in [7, 11) is 0. The summed E-state index contributed by atoms with van der Waals surface area (Å²) in [6, 6.07) is 0. The van der Waals surface area contributed by atoms with Crippen LogP contribution in [0.25, 0.3) is 0 Å². The molecule has 0 radical (unpaired) electrons. The van der Waals surface area contributed by atoms with E-state index < -0.39 is 6.16 Å². The highest BCUT2D eigenvalue weighted by Gasteiger charge is 2.03. The highest BCUT2D eigenvalue weighted by atomic mass is 16.7. The first-order valence-electron chi connectivity index (χ1n) is 5.55. The molecule has 0 aromatic heterocycles. The second-order valence-corrected chi connectivity index (χ2v) is 3.51. The number of hydrogen-bond acceptors (Lipinski definition) is 3. The van der Waals surface area contributed by atoms with Gasteiger partial charge in [0.15, 0.2) is 0 Å². The number of ether oxygens (including phenoxy) is 2. The molecule has 0 atom stereocenters. The van der Waals surface area contributed by atoms with Crippen molar-refractivity contribution in [3.8, 4) is 0 Å². The van der Waals surface area contributed by atoms with E-state index in [1.807, 2.05) is 0 Å². The summed E-state index contributed by atoms with van der Waals surface area (Å²) in [6.45, 7) is 2.35. The Morgan fingerprint density at radius 3 is 2.73 bits per heavy atom. The van der Waals surface area contributed by atoms with Gasteiger partial charge in [-0.1, -0.05) is 6.42 Å². The minimum Gasteiger partial charge on any atom is -0.435 e. The SMILES string of the molecule is CCOC(=O)OCC=C=C1CCCCC1. The number of rotatable bonds is 3. The van der Waals surface area contributed by atoms with Gasteiger partial charge in [0.1, 0.15) is 6.61 Å². The van der Waals surface area contributed by atoms with Crippen LogP contribution in [0.3, 0.4) is 0 Å². The second-order valence-electron chi connectivity index (χ2n) is 3.51. The molecule has 84 valence electrons. The van der Waals surface area contributed by atoms with Crippen LogP contribution < -0.4 is 0 Å². The van der Waals surface area contributed by atoms with Gasteiger partial charge in [0.2, 0.25) is 0 Å². The van der Waals surface area contributed by atoms with Gasteiger partial charge in [-0.25, -0.2) is 4.79 Å². The van der Waals surface area contributed by atoms with Crippen molar-refractivity contribution in [3.05, 3.63) is 17.4 Å². The van der Waals surface area contributed by atoms with E-state index >= 15 is 0 Å². The summed E-state index contributed by atoms with van der Waals surface area (Å²) >= 11 is 0. The Morgan fingerprint density at radius 2 is 2.07 bits per heavy atom. The number of hydrogen-bond donors (Lipinski definition) is 0. The third-order valence-corrected chi connectivity index (χ3v) is 2.31. The van der Waals surface area contributed by atoms with Gasteiger partial charge in [0.25, 0.3) is 0 Å². The van der Waals surface area contributed by atoms with Crippen LogP contribution >= 0.6 is 0 Å². The van der Waals surface area contributed by atoms with Crippen LogP contribution in [0.4, 0.5) is 4.79 Å². The molecule has 0 N–H and O–H groups in total. The van der Waals surface area contributed by atoms with E-state index in [-0.39, 0.29) is 6.61 Å². The van der Waals surface area contributed by atoms with Crippen molar-refractivity contribution in [2.75, 3.05) is 13.2 Å². The summed E-state index contributed by atoms with van der Waals surface area (Å²) in [5, 5.41) is 0. The Kier molecular flexibility index (Phi) is 5.64. The molecule has 0 spiro atoms. The average Bonchev–Trinajstić information content (AvgIpc) is 2.26. The van der Waals surface area contributed by atoms with Crippen molar-refractivity contribution in [1.29, 1.82) is 0 Å². The van der Waals surface area contributed by atoms with Gasteiger partial charge in [0.05, 0.1) is 6.61 Å². The Balaban J connectivity index is 2.22. The monoisotopic (exact) mass is 210 g/mol. The molecule has 15 heavy (non-hydrogen) atoms. The van der Waals surface area contributed by atoms with Crippen molar-refractivity contribution in [2.24, 2.45) is 0 Å². The molecule has 0 aromatic rings. The molecule has 1 rings (SSSR count). The highest BCUT2D eigenvalue weighted by Crippen LogP contribution is 2.21. The minimum absolute atomic E-state index is 0.252. The van der Waals surface area contributed by atoms with Gasteiger partial charge in [0, 0.05) is 0 Å². The quantitative estimate of drug-likeness (QED) is 0.530. The summed E-state index contributed by atoms with van der Waals surface area (Å²) in [4.78, 5) is 10.8. The normalized spacial score (nSPS) is 15.4. The van der Waals surface area contributed by atoms with Crippen LogP contribution in [0.1, 0.15) is 39.0 Å². The molecule has 0 saturated heterocycles. The molecule has 0 amide bonds. The fraction of sp³-hybridized carbons (Fsp3) is 0.667. The molecule has 0 unspecified atom stereocenters. The van der Waals surface area contributed by atoms with E-state index in [1.165, 1.54) is 24.8 Å². The Bertz CT molecular complexity index is 254. The molecular formula is C12H18O3. The largest absolute Gasteiger partial charge is 0.508 e. The van der Waals surface area contributed by atoms with Gasteiger partial charge in [-0.15, -0.1) is 5.73 Å².